The van der Waals surface area contributed by atoms with Crippen LogP contribution in [0.15, 0.2) is 109 Å². The van der Waals surface area contributed by atoms with Crippen LogP contribution in [0.5, 0.6) is 0 Å². The van der Waals surface area contributed by atoms with Crippen LogP contribution in [0.25, 0.3) is 11.4 Å². The predicted octanol–water partition coefficient (Wildman–Crippen LogP) is 5.85. The lowest BCUT2D eigenvalue weighted by atomic mass is 10.0. The van der Waals surface area contributed by atoms with Gasteiger partial charge in [-0.2, -0.15) is 0 Å². The lowest BCUT2D eigenvalue weighted by Crippen LogP contribution is -2.11. The highest BCUT2D eigenvalue weighted by atomic mass is 32.2. The van der Waals surface area contributed by atoms with Gasteiger partial charge in [0.2, 0.25) is 0 Å². The molecular weight excluding hydrogens is 390 g/mol. The van der Waals surface area contributed by atoms with Crippen molar-refractivity contribution < 1.29 is 4.79 Å². The Balaban J connectivity index is 1.74. The van der Waals surface area contributed by atoms with E-state index in [1.54, 1.807) is 0 Å². The topological polar surface area (TPSA) is 47.8 Å². The molecule has 1 aromatic heterocycles. The van der Waals surface area contributed by atoms with E-state index < -0.39 is 5.25 Å². The molecule has 0 aliphatic rings. The molecule has 148 valence electrons. The number of aromatic nitrogens is 3. The highest BCUT2D eigenvalue weighted by molar-refractivity contribution is 8.00. The minimum absolute atomic E-state index is 0.0428. The van der Waals surface area contributed by atoms with Crippen molar-refractivity contribution in [3.63, 3.8) is 0 Å². The number of carbonyl (C=O) groups excluding carboxylic acids is 1. The predicted molar refractivity (Wildman–Crippen MR) is 121 cm³/mol. The molecule has 30 heavy (non-hydrogen) atoms. The maximum Gasteiger partial charge on any atom is 0.192 e. The second kappa shape index (κ2) is 9.37. The Labute approximate surface area is 180 Å². The Bertz CT molecular complexity index is 1130. The number of hydrogen-bond acceptors (Lipinski definition) is 4. The minimum Gasteiger partial charge on any atom is -0.298 e. The Kier molecular flexibility index (Phi) is 6.20. The van der Waals surface area contributed by atoms with E-state index in [-0.39, 0.29) is 5.78 Å². The molecule has 1 atom stereocenters. The van der Waals surface area contributed by atoms with E-state index >= 15 is 0 Å². The summed E-state index contributed by atoms with van der Waals surface area (Å²) < 4.78 is 2.00. The normalized spacial score (nSPS) is 11.7. The zero-order chi connectivity index (χ0) is 20.8. The van der Waals surface area contributed by atoms with Crippen LogP contribution in [0.1, 0.15) is 21.2 Å². The Hall–Kier alpha value is -3.44. The first kappa shape index (κ1) is 19.9. The van der Waals surface area contributed by atoms with Gasteiger partial charge >= 0.3 is 0 Å². The van der Waals surface area contributed by atoms with Crippen molar-refractivity contribution in [3.8, 4) is 11.4 Å². The van der Waals surface area contributed by atoms with E-state index in [0.29, 0.717) is 17.3 Å². The number of hydrogen-bond donors (Lipinski definition) is 0. The Morgan fingerprint density at radius 1 is 0.900 bits per heavy atom. The van der Waals surface area contributed by atoms with E-state index in [1.165, 1.54) is 11.8 Å². The molecule has 0 unspecified atom stereocenters. The number of benzene rings is 3. The number of Topliss-reactive ketones (excluding diaryl/α,β-unsaturated/α-hetero) is 1. The van der Waals surface area contributed by atoms with Gasteiger partial charge in [-0.05, 0) is 5.56 Å². The second-order valence-electron chi connectivity index (χ2n) is 6.71. The van der Waals surface area contributed by atoms with Crippen molar-refractivity contribution in [2.24, 2.45) is 0 Å². The molecule has 0 fully saturated rings. The molecule has 0 amide bonds. The summed E-state index contributed by atoms with van der Waals surface area (Å²) in [6.45, 7) is 4.44. The third-order valence-electron chi connectivity index (χ3n) is 4.68. The van der Waals surface area contributed by atoms with Crippen LogP contribution in [-0.2, 0) is 6.54 Å². The van der Waals surface area contributed by atoms with Gasteiger partial charge in [-0.3, -0.25) is 9.36 Å². The molecule has 4 aromatic rings. The number of nitrogens with zero attached hydrogens (tertiary/aromatic N) is 3. The summed E-state index contributed by atoms with van der Waals surface area (Å²) in [5.74, 6) is 0.804. The molecule has 0 radical (unpaired) electrons. The molecule has 0 saturated carbocycles. The van der Waals surface area contributed by atoms with Gasteiger partial charge in [-0.1, -0.05) is 109 Å². The van der Waals surface area contributed by atoms with E-state index in [4.69, 9.17) is 0 Å². The lowest BCUT2D eigenvalue weighted by Gasteiger charge is -2.16. The maximum atomic E-state index is 13.4. The molecular formula is C25H21N3OS. The van der Waals surface area contributed by atoms with Gasteiger partial charge in [-0.25, -0.2) is 0 Å². The van der Waals surface area contributed by atoms with E-state index in [0.717, 1.165) is 17.0 Å². The van der Waals surface area contributed by atoms with E-state index in [1.807, 2.05) is 102 Å². The van der Waals surface area contributed by atoms with Crippen molar-refractivity contribution in [3.05, 3.63) is 115 Å². The van der Waals surface area contributed by atoms with Crippen LogP contribution in [0, 0.1) is 0 Å². The van der Waals surface area contributed by atoms with E-state index in [2.05, 4.69) is 16.8 Å². The van der Waals surface area contributed by atoms with Gasteiger partial charge in [0.25, 0.3) is 0 Å². The van der Waals surface area contributed by atoms with Crippen molar-refractivity contribution >= 4 is 17.5 Å². The average molecular weight is 412 g/mol. The first-order valence-electron chi connectivity index (χ1n) is 9.68. The van der Waals surface area contributed by atoms with Crippen LogP contribution in [0.2, 0.25) is 0 Å². The third-order valence-corrected chi connectivity index (χ3v) is 5.92. The van der Waals surface area contributed by atoms with Gasteiger partial charge in [-0.15, -0.1) is 16.8 Å². The van der Waals surface area contributed by atoms with Crippen LogP contribution < -0.4 is 0 Å². The summed E-state index contributed by atoms with van der Waals surface area (Å²) in [5, 5.41) is 9.11. The molecule has 0 saturated heterocycles. The number of ketones is 1. The zero-order valence-electron chi connectivity index (χ0n) is 16.4. The Morgan fingerprint density at radius 2 is 1.50 bits per heavy atom. The fourth-order valence-corrected chi connectivity index (χ4v) is 4.35. The van der Waals surface area contributed by atoms with Crippen LogP contribution in [0.4, 0.5) is 0 Å². The van der Waals surface area contributed by atoms with Crippen LogP contribution in [-0.4, -0.2) is 20.5 Å². The average Bonchev–Trinajstić information content (AvgIpc) is 3.21. The molecule has 0 spiro atoms. The molecule has 0 bridgehead atoms. The maximum absolute atomic E-state index is 13.4. The highest BCUT2D eigenvalue weighted by Gasteiger charge is 2.26. The SMILES string of the molecule is C=CCn1c(S[C@@H](C(=O)c2ccccc2)c2ccccc2)nnc1-c1ccccc1. The summed E-state index contributed by atoms with van der Waals surface area (Å²) in [6, 6.07) is 29.1. The largest absolute Gasteiger partial charge is 0.298 e. The fourth-order valence-electron chi connectivity index (χ4n) is 3.23. The second-order valence-corrected chi connectivity index (χ2v) is 7.78. The molecule has 0 N–H and O–H groups in total. The van der Waals surface area contributed by atoms with Crippen molar-refractivity contribution in [1.82, 2.24) is 14.8 Å². The summed E-state index contributed by atoms with van der Waals surface area (Å²) in [4.78, 5) is 13.4. The van der Waals surface area contributed by atoms with Gasteiger partial charge < -0.3 is 0 Å². The van der Waals surface area contributed by atoms with Gasteiger partial charge in [0.05, 0.1) is 0 Å². The first-order chi connectivity index (χ1) is 14.8. The molecule has 4 rings (SSSR count). The van der Waals surface area contributed by atoms with Crippen molar-refractivity contribution in [2.45, 2.75) is 17.0 Å². The molecule has 1 heterocycles. The molecule has 0 aliphatic carbocycles. The Morgan fingerprint density at radius 3 is 2.13 bits per heavy atom. The van der Waals surface area contributed by atoms with Gasteiger partial charge in [0.15, 0.2) is 16.8 Å². The molecule has 4 nitrogen and oxygen atoms in total. The van der Waals surface area contributed by atoms with Crippen LogP contribution in [0.3, 0.4) is 0 Å². The number of rotatable bonds is 8. The number of allylic oxidation sites excluding steroid dienone is 1. The summed E-state index contributed by atoms with van der Waals surface area (Å²) >= 11 is 1.42. The molecule has 5 heteroatoms. The quantitative estimate of drug-likeness (QED) is 0.207. The number of thioether (sulfide) groups is 1. The minimum atomic E-state index is -0.426. The fraction of sp³-hybridized carbons (Fsp3) is 0.0800. The molecule has 0 aliphatic heterocycles. The first-order valence-corrected chi connectivity index (χ1v) is 10.6. The summed E-state index contributed by atoms with van der Waals surface area (Å²) in [7, 11) is 0. The monoisotopic (exact) mass is 411 g/mol. The smallest absolute Gasteiger partial charge is 0.192 e. The summed E-state index contributed by atoms with van der Waals surface area (Å²) in [5.41, 5.74) is 2.59. The van der Waals surface area contributed by atoms with Gasteiger partial charge in [0.1, 0.15) is 5.25 Å². The zero-order valence-corrected chi connectivity index (χ0v) is 17.2. The van der Waals surface area contributed by atoms with E-state index in [9.17, 15) is 4.79 Å². The van der Waals surface area contributed by atoms with Crippen molar-refractivity contribution in [2.75, 3.05) is 0 Å². The van der Waals surface area contributed by atoms with Gasteiger partial charge in [0, 0.05) is 17.7 Å². The lowest BCUT2D eigenvalue weighted by molar-refractivity contribution is 0.0989. The highest BCUT2D eigenvalue weighted by Crippen LogP contribution is 2.38. The van der Waals surface area contributed by atoms with Crippen molar-refractivity contribution in [1.29, 1.82) is 0 Å². The summed E-state index contributed by atoms with van der Waals surface area (Å²) in [6.07, 6.45) is 1.82. The third kappa shape index (κ3) is 4.26. The standard InChI is InChI=1S/C25H21N3OS/c1-2-18-28-24(21-16-10-5-11-17-21)26-27-25(28)30-23(20-14-8-4-9-15-20)22(29)19-12-6-3-7-13-19/h2-17,23H,1,18H2/t23-/m1/s1. The van der Waals surface area contributed by atoms with Crippen LogP contribution >= 0.6 is 11.8 Å². The number of carbonyl (C=O) groups is 1. The molecule has 3 aromatic carbocycles.